The minimum Gasteiger partial charge on any atom is -0.480 e. The summed E-state index contributed by atoms with van der Waals surface area (Å²) in [4.78, 5) is 24.2. The zero-order valence-electron chi connectivity index (χ0n) is 15.1. The summed E-state index contributed by atoms with van der Waals surface area (Å²) in [5.74, 6) is -2.22. The first kappa shape index (κ1) is 20.4. The van der Waals surface area contributed by atoms with E-state index in [1.165, 1.54) is 16.4 Å². The van der Waals surface area contributed by atoms with Crippen molar-refractivity contribution in [1.29, 1.82) is 0 Å². The van der Waals surface area contributed by atoms with Crippen molar-refractivity contribution in [3.63, 3.8) is 0 Å². The van der Waals surface area contributed by atoms with Crippen LogP contribution in [-0.2, 0) is 19.6 Å². The van der Waals surface area contributed by atoms with E-state index in [-0.39, 0.29) is 17.4 Å². The molecule has 2 rings (SSSR count). The van der Waals surface area contributed by atoms with Gasteiger partial charge < -0.3 is 10.4 Å². The lowest BCUT2D eigenvalue weighted by atomic mass is 9.95. The summed E-state index contributed by atoms with van der Waals surface area (Å²) in [6, 6.07) is 7.15. The lowest BCUT2D eigenvalue weighted by Gasteiger charge is -2.32. The summed E-state index contributed by atoms with van der Waals surface area (Å²) < 4.78 is 26.8. The van der Waals surface area contributed by atoms with E-state index in [1.54, 1.807) is 25.1 Å². The maximum Gasteiger partial charge on any atom is 0.326 e. The molecule has 0 aliphatic carbocycles. The van der Waals surface area contributed by atoms with Crippen LogP contribution in [-0.4, -0.2) is 48.8 Å². The predicted molar refractivity (Wildman–Crippen MR) is 96.9 cm³/mol. The fraction of sp³-hybridized carbons (Fsp3) is 0.556. The van der Waals surface area contributed by atoms with Gasteiger partial charge in [0.15, 0.2) is 0 Å². The highest BCUT2D eigenvalue weighted by Gasteiger charge is 2.35. The lowest BCUT2D eigenvalue weighted by molar-refractivity contribution is -0.144. The summed E-state index contributed by atoms with van der Waals surface area (Å²) in [6.45, 7) is 4.05. The van der Waals surface area contributed by atoms with Crippen molar-refractivity contribution in [1.82, 2.24) is 9.62 Å². The number of aliphatic carboxylic acids is 1. The number of amides is 1. The number of nitrogens with zero attached hydrogens (tertiary/aromatic N) is 1. The van der Waals surface area contributed by atoms with Crippen LogP contribution in [0.4, 0.5) is 0 Å². The molecule has 1 unspecified atom stereocenters. The second kappa shape index (κ2) is 8.64. The minimum absolute atomic E-state index is 0.0654. The Kier molecular flexibility index (Phi) is 6.77. The Balaban J connectivity index is 2.10. The molecule has 2 N–H and O–H groups in total. The Hall–Kier alpha value is -1.93. The number of rotatable bonds is 7. The predicted octanol–water partition coefficient (Wildman–Crippen LogP) is 1.70. The van der Waals surface area contributed by atoms with Crippen LogP contribution in [0, 0.1) is 11.8 Å². The van der Waals surface area contributed by atoms with Crippen molar-refractivity contribution < 1.29 is 23.1 Å². The maximum absolute atomic E-state index is 12.7. The zero-order valence-corrected chi connectivity index (χ0v) is 15.9. The Morgan fingerprint density at radius 2 is 1.96 bits per heavy atom. The maximum atomic E-state index is 12.7. The van der Waals surface area contributed by atoms with Crippen molar-refractivity contribution >= 4 is 21.9 Å². The molecule has 7 nitrogen and oxygen atoms in total. The normalized spacial score (nSPS) is 20.9. The van der Waals surface area contributed by atoms with Gasteiger partial charge in [0.05, 0.1) is 10.8 Å². The number of piperidine rings is 1. The molecule has 1 aromatic rings. The van der Waals surface area contributed by atoms with Gasteiger partial charge in [-0.2, -0.15) is 4.31 Å². The molecule has 1 heterocycles. The summed E-state index contributed by atoms with van der Waals surface area (Å²) in [5.41, 5.74) is 0. The number of nitrogens with one attached hydrogen (secondary N) is 1. The number of hydrogen-bond acceptors (Lipinski definition) is 4. The summed E-state index contributed by atoms with van der Waals surface area (Å²) >= 11 is 0. The first-order chi connectivity index (χ1) is 12.3. The Labute approximate surface area is 154 Å². The molecule has 0 spiro atoms. The molecule has 0 aromatic heterocycles. The first-order valence-electron chi connectivity index (χ1n) is 8.85. The quantitative estimate of drug-likeness (QED) is 0.747. The molecule has 0 saturated carbocycles. The van der Waals surface area contributed by atoms with Gasteiger partial charge in [-0.1, -0.05) is 38.5 Å². The minimum atomic E-state index is -3.66. The van der Waals surface area contributed by atoms with Crippen LogP contribution in [0.25, 0.3) is 0 Å². The molecule has 1 amide bonds. The van der Waals surface area contributed by atoms with Crippen LogP contribution >= 0.6 is 0 Å². The largest absolute Gasteiger partial charge is 0.480 e. The monoisotopic (exact) mass is 382 g/mol. The van der Waals surface area contributed by atoms with Gasteiger partial charge >= 0.3 is 5.97 Å². The summed E-state index contributed by atoms with van der Waals surface area (Å²) in [6.07, 6.45) is 1.72. The topological polar surface area (TPSA) is 104 Å². The average molecular weight is 382 g/mol. The van der Waals surface area contributed by atoms with Crippen LogP contribution < -0.4 is 5.32 Å². The Bertz CT molecular complexity index is 735. The van der Waals surface area contributed by atoms with E-state index in [0.717, 1.165) is 0 Å². The Morgan fingerprint density at radius 3 is 2.54 bits per heavy atom. The van der Waals surface area contributed by atoms with E-state index in [0.29, 0.717) is 25.8 Å². The van der Waals surface area contributed by atoms with Crippen LogP contribution in [0.2, 0.25) is 0 Å². The second-order valence-electron chi connectivity index (χ2n) is 6.73. The van der Waals surface area contributed by atoms with Crippen LogP contribution in [0.1, 0.15) is 33.1 Å². The number of carboxylic acids is 1. The second-order valence-corrected chi connectivity index (χ2v) is 8.66. The van der Waals surface area contributed by atoms with E-state index >= 15 is 0 Å². The highest BCUT2D eigenvalue weighted by atomic mass is 32.2. The Morgan fingerprint density at radius 1 is 1.31 bits per heavy atom. The van der Waals surface area contributed by atoms with Crippen molar-refractivity contribution in [2.24, 2.45) is 11.8 Å². The van der Waals surface area contributed by atoms with Gasteiger partial charge in [-0.05, 0) is 30.9 Å². The molecule has 8 heteroatoms. The molecule has 1 fully saturated rings. The standard InChI is InChI=1S/C18H26N2O5S/c1-3-13(2)16(18(22)23)19-17(21)14-8-7-11-20(12-14)26(24,25)15-9-5-4-6-10-15/h4-6,9-10,13-14,16H,3,7-8,11-12H2,1-2H3,(H,19,21)(H,22,23)/t13-,14?,16-/m0/s1. The number of benzene rings is 1. The molecule has 26 heavy (non-hydrogen) atoms. The molecule has 1 aliphatic rings. The molecule has 1 saturated heterocycles. The SMILES string of the molecule is CC[C@H](C)[C@H](NC(=O)C1CCCN(S(=O)(=O)c2ccccc2)C1)C(=O)O. The number of hydrogen-bond donors (Lipinski definition) is 2. The molecule has 144 valence electrons. The van der Waals surface area contributed by atoms with E-state index in [2.05, 4.69) is 5.32 Å². The molecular formula is C18H26N2O5S. The number of carbonyl (C=O) groups is 2. The summed E-state index contributed by atoms with van der Waals surface area (Å²) in [5, 5.41) is 11.9. The average Bonchev–Trinajstić information content (AvgIpc) is 2.65. The van der Waals surface area contributed by atoms with E-state index in [1.807, 2.05) is 6.92 Å². The van der Waals surface area contributed by atoms with Crippen molar-refractivity contribution in [3.8, 4) is 0 Å². The van der Waals surface area contributed by atoms with E-state index < -0.39 is 33.9 Å². The van der Waals surface area contributed by atoms with Gasteiger partial charge in [0.25, 0.3) is 0 Å². The van der Waals surface area contributed by atoms with Gasteiger partial charge in [0, 0.05) is 13.1 Å². The zero-order chi connectivity index (χ0) is 19.3. The van der Waals surface area contributed by atoms with E-state index in [4.69, 9.17) is 0 Å². The third-order valence-corrected chi connectivity index (χ3v) is 6.79. The molecule has 1 aliphatic heterocycles. The fourth-order valence-electron chi connectivity index (χ4n) is 3.07. The third-order valence-electron chi connectivity index (χ3n) is 4.91. The lowest BCUT2D eigenvalue weighted by Crippen LogP contribution is -2.51. The molecular weight excluding hydrogens is 356 g/mol. The van der Waals surface area contributed by atoms with Gasteiger partial charge in [-0.15, -0.1) is 0 Å². The first-order valence-corrected chi connectivity index (χ1v) is 10.3. The third kappa shape index (κ3) is 4.62. The number of carbonyl (C=O) groups excluding carboxylic acids is 1. The van der Waals surface area contributed by atoms with Crippen LogP contribution in [0.5, 0.6) is 0 Å². The van der Waals surface area contributed by atoms with Gasteiger partial charge in [0.2, 0.25) is 15.9 Å². The van der Waals surface area contributed by atoms with Crippen molar-refractivity contribution in [2.75, 3.05) is 13.1 Å². The van der Waals surface area contributed by atoms with Crippen LogP contribution in [0.15, 0.2) is 35.2 Å². The van der Waals surface area contributed by atoms with Crippen molar-refractivity contribution in [3.05, 3.63) is 30.3 Å². The molecule has 0 radical (unpaired) electrons. The van der Waals surface area contributed by atoms with Gasteiger partial charge in [-0.3, -0.25) is 4.79 Å². The molecule has 3 atom stereocenters. The fourth-order valence-corrected chi connectivity index (χ4v) is 4.62. The molecule has 0 bridgehead atoms. The van der Waals surface area contributed by atoms with Crippen LogP contribution in [0.3, 0.4) is 0 Å². The highest BCUT2D eigenvalue weighted by molar-refractivity contribution is 7.89. The summed E-state index contributed by atoms with van der Waals surface area (Å²) in [7, 11) is -3.66. The van der Waals surface area contributed by atoms with E-state index in [9.17, 15) is 23.1 Å². The number of sulfonamides is 1. The molecule has 1 aromatic carbocycles. The van der Waals surface area contributed by atoms with Gasteiger partial charge in [-0.25, -0.2) is 13.2 Å². The van der Waals surface area contributed by atoms with Gasteiger partial charge in [0.1, 0.15) is 6.04 Å². The highest BCUT2D eigenvalue weighted by Crippen LogP contribution is 2.24. The van der Waals surface area contributed by atoms with Crippen molar-refractivity contribution in [2.45, 2.75) is 44.0 Å². The smallest absolute Gasteiger partial charge is 0.326 e. The number of carboxylic acid groups (broad SMARTS) is 1.